The van der Waals surface area contributed by atoms with Crippen molar-refractivity contribution in [2.24, 2.45) is 0 Å². The summed E-state index contributed by atoms with van der Waals surface area (Å²) >= 11 is 0. The van der Waals surface area contributed by atoms with Crippen LogP contribution in [0.2, 0.25) is 0 Å². The predicted molar refractivity (Wildman–Crippen MR) is 207 cm³/mol. The van der Waals surface area contributed by atoms with E-state index in [2.05, 4.69) is 131 Å². The van der Waals surface area contributed by atoms with Crippen LogP contribution in [0.25, 0.3) is 99.9 Å². The molecule has 0 saturated heterocycles. The number of fused-ring (bicyclic) bond motifs is 6. The van der Waals surface area contributed by atoms with E-state index in [0.29, 0.717) is 0 Å². The van der Waals surface area contributed by atoms with Crippen LogP contribution in [-0.4, -0.2) is 19.9 Å². The zero-order valence-corrected chi connectivity index (χ0v) is 27.4. The van der Waals surface area contributed by atoms with E-state index in [1.807, 2.05) is 42.6 Å². The Morgan fingerprint density at radius 2 is 0.941 bits per heavy atom. The second kappa shape index (κ2) is 11.9. The van der Waals surface area contributed by atoms with Crippen molar-refractivity contribution < 1.29 is 4.42 Å². The Morgan fingerprint density at radius 3 is 1.61 bits per heavy atom. The summed E-state index contributed by atoms with van der Waals surface area (Å²) in [7, 11) is 0. The van der Waals surface area contributed by atoms with Crippen LogP contribution < -0.4 is 0 Å². The molecule has 5 aromatic heterocycles. The van der Waals surface area contributed by atoms with Crippen molar-refractivity contribution >= 4 is 43.7 Å². The van der Waals surface area contributed by atoms with Crippen molar-refractivity contribution in [3.05, 3.63) is 170 Å². The quantitative estimate of drug-likeness (QED) is 0.173. The van der Waals surface area contributed by atoms with Crippen LogP contribution in [0.4, 0.5) is 0 Å². The van der Waals surface area contributed by atoms with Crippen molar-refractivity contribution in [2.45, 2.75) is 0 Å². The fourth-order valence-electron chi connectivity index (χ4n) is 6.95. The van der Waals surface area contributed by atoms with Gasteiger partial charge in [0.1, 0.15) is 11.2 Å². The summed E-state index contributed by atoms with van der Waals surface area (Å²) in [5.74, 6) is 0. The van der Waals surface area contributed by atoms with E-state index in [4.69, 9.17) is 14.4 Å². The Hall–Kier alpha value is -6.98. The largest absolute Gasteiger partial charge is 0.455 e. The van der Waals surface area contributed by atoms with E-state index >= 15 is 0 Å². The van der Waals surface area contributed by atoms with Gasteiger partial charge in [-0.3, -0.25) is 9.97 Å². The van der Waals surface area contributed by atoms with Crippen molar-refractivity contribution in [3.8, 4) is 56.2 Å². The number of furan rings is 1. The Balaban J connectivity index is 0.964. The summed E-state index contributed by atoms with van der Waals surface area (Å²) in [6, 6.07) is 54.2. The molecule has 0 amide bonds. The maximum atomic E-state index is 6.30. The van der Waals surface area contributed by atoms with Gasteiger partial charge in [-0.25, -0.2) is 9.97 Å². The second-order valence-corrected chi connectivity index (χ2v) is 12.7. The fraction of sp³-hybridized carbons (Fsp3) is 0. The predicted octanol–water partition coefficient (Wildman–Crippen LogP) is 11.8. The molecule has 0 aliphatic rings. The van der Waals surface area contributed by atoms with Crippen LogP contribution in [0.15, 0.2) is 175 Å². The minimum Gasteiger partial charge on any atom is -0.455 e. The highest BCUT2D eigenvalue weighted by Gasteiger charge is 2.13. The van der Waals surface area contributed by atoms with Gasteiger partial charge in [-0.15, -0.1) is 0 Å². The van der Waals surface area contributed by atoms with E-state index in [-0.39, 0.29) is 0 Å². The highest BCUT2D eigenvalue weighted by molar-refractivity contribution is 6.09. The molecule has 0 N–H and O–H groups in total. The summed E-state index contributed by atoms with van der Waals surface area (Å²) in [6.45, 7) is 0. The van der Waals surface area contributed by atoms with Crippen molar-refractivity contribution in [1.82, 2.24) is 19.9 Å². The van der Waals surface area contributed by atoms with Gasteiger partial charge in [0.05, 0.1) is 33.8 Å². The number of aromatic nitrogens is 4. The van der Waals surface area contributed by atoms with Crippen LogP contribution in [-0.2, 0) is 0 Å². The molecule has 0 aliphatic heterocycles. The standard InChI is InChI=1S/C46H28N4O/c1-2-10-43-37(6-1)38-8-5-7-36(46(38)51-43)30-13-17-32(18-14-30)40-25-22-34-20-19-33-21-24-39(49-44(33)45(34)50-40)31-15-11-29(12-16-31)35-23-26-42(48-28-35)41-9-3-4-27-47-41/h1-28H. The molecule has 10 aromatic rings. The van der Waals surface area contributed by atoms with Gasteiger partial charge >= 0.3 is 0 Å². The first-order valence-electron chi connectivity index (χ1n) is 17.0. The van der Waals surface area contributed by atoms with Gasteiger partial charge in [0.2, 0.25) is 0 Å². The third kappa shape index (κ3) is 5.11. The van der Waals surface area contributed by atoms with Crippen LogP contribution in [0, 0.1) is 0 Å². The maximum Gasteiger partial charge on any atom is 0.143 e. The summed E-state index contributed by atoms with van der Waals surface area (Å²) < 4.78 is 6.30. The Morgan fingerprint density at radius 1 is 0.373 bits per heavy atom. The average molecular weight is 653 g/mol. The third-order valence-corrected chi connectivity index (χ3v) is 9.62. The van der Waals surface area contributed by atoms with E-state index < -0.39 is 0 Å². The first-order chi connectivity index (χ1) is 25.2. The lowest BCUT2D eigenvalue weighted by atomic mass is 10.00. The van der Waals surface area contributed by atoms with Crippen LogP contribution in [0.1, 0.15) is 0 Å². The van der Waals surface area contributed by atoms with Crippen molar-refractivity contribution in [3.63, 3.8) is 0 Å². The SMILES string of the molecule is c1ccc(-c2ccc(-c3ccc(-c4ccc5ccc6ccc(-c7ccc(-c8cccc9c8oc8ccccc89)cc7)nc6c5n4)cc3)cn2)nc1. The van der Waals surface area contributed by atoms with E-state index in [9.17, 15) is 0 Å². The second-order valence-electron chi connectivity index (χ2n) is 12.7. The average Bonchev–Trinajstić information content (AvgIpc) is 3.60. The molecule has 51 heavy (non-hydrogen) atoms. The fourth-order valence-corrected chi connectivity index (χ4v) is 6.95. The number of hydrogen-bond acceptors (Lipinski definition) is 5. The zero-order chi connectivity index (χ0) is 33.7. The molecule has 238 valence electrons. The Labute approximate surface area is 293 Å². The summed E-state index contributed by atoms with van der Waals surface area (Å²) in [5, 5.41) is 4.37. The first kappa shape index (κ1) is 29.0. The van der Waals surface area contributed by atoms with Crippen LogP contribution in [0.5, 0.6) is 0 Å². The number of pyridine rings is 4. The van der Waals surface area contributed by atoms with Crippen molar-refractivity contribution in [2.75, 3.05) is 0 Å². The molecule has 5 heterocycles. The molecule has 0 spiro atoms. The monoisotopic (exact) mass is 652 g/mol. The molecule has 10 rings (SSSR count). The normalized spacial score (nSPS) is 11.5. The molecule has 0 bridgehead atoms. The lowest BCUT2D eigenvalue weighted by molar-refractivity contribution is 0.670. The van der Waals surface area contributed by atoms with E-state index in [1.165, 1.54) is 0 Å². The maximum absolute atomic E-state index is 6.30. The molecule has 0 fully saturated rings. The Kier molecular flexibility index (Phi) is 6.74. The molecule has 0 radical (unpaired) electrons. The van der Waals surface area contributed by atoms with Crippen molar-refractivity contribution in [1.29, 1.82) is 0 Å². The van der Waals surface area contributed by atoms with Gasteiger partial charge in [0, 0.05) is 56.2 Å². The smallest absolute Gasteiger partial charge is 0.143 e. The first-order valence-corrected chi connectivity index (χ1v) is 17.0. The molecule has 5 nitrogen and oxygen atoms in total. The number of rotatable bonds is 5. The third-order valence-electron chi connectivity index (χ3n) is 9.62. The van der Waals surface area contributed by atoms with Gasteiger partial charge in [-0.1, -0.05) is 121 Å². The van der Waals surface area contributed by atoms with Gasteiger partial charge < -0.3 is 4.42 Å². The molecule has 0 atom stereocenters. The molecular weight excluding hydrogens is 625 g/mol. The topological polar surface area (TPSA) is 64.7 Å². The van der Waals surface area contributed by atoms with Gasteiger partial charge in [-0.2, -0.15) is 0 Å². The van der Waals surface area contributed by atoms with Gasteiger partial charge in [-0.05, 0) is 47.5 Å². The highest BCUT2D eigenvalue weighted by Crippen LogP contribution is 2.37. The number of para-hydroxylation sites is 2. The molecule has 0 saturated carbocycles. The molecule has 5 aromatic carbocycles. The van der Waals surface area contributed by atoms with E-state index in [1.54, 1.807) is 6.20 Å². The van der Waals surface area contributed by atoms with Crippen LogP contribution >= 0.6 is 0 Å². The number of hydrogen-bond donors (Lipinski definition) is 0. The lowest BCUT2D eigenvalue weighted by Crippen LogP contribution is -1.91. The van der Waals surface area contributed by atoms with Crippen LogP contribution in [0.3, 0.4) is 0 Å². The molecule has 0 unspecified atom stereocenters. The Bertz CT molecular complexity index is 2880. The van der Waals surface area contributed by atoms with Gasteiger partial charge in [0.15, 0.2) is 0 Å². The van der Waals surface area contributed by atoms with Gasteiger partial charge in [0.25, 0.3) is 0 Å². The summed E-state index contributed by atoms with van der Waals surface area (Å²) in [6.07, 6.45) is 3.68. The molecule has 5 heteroatoms. The summed E-state index contributed by atoms with van der Waals surface area (Å²) in [5.41, 5.74) is 13.5. The number of benzene rings is 5. The lowest BCUT2D eigenvalue weighted by Gasteiger charge is -2.09. The van der Waals surface area contributed by atoms with E-state index in [0.717, 1.165) is 99.9 Å². The number of nitrogens with zero attached hydrogens (tertiary/aromatic N) is 4. The molecular formula is C46H28N4O. The zero-order valence-electron chi connectivity index (χ0n) is 27.4. The highest BCUT2D eigenvalue weighted by atomic mass is 16.3. The minimum atomic E-state index is 0.856. The molecule has 0 aliphatic carbocycles. The minimum absolute atomic E-state index is 0.856. The summed E-state index contributed by atoms with van der Waals surface area (Å²) in [4.78, 5) is 19.4.